The summed E-state index contributed by atoms with van der Waals surface area (Å²) < 4.78 is 5.98. The highest BCUT2D eigenvalue weighted by atomic mass is 79.9. The maximum Gasteiger partial charge on any atom is 0.407 e. The van der Waals surface area contributed by atoms with Crippen LogP contribution in [0.4, 0.5) is 4.79 Å². The molecule has 1 aromatic heterocycles. The smallest absolute Gasteiger partial charge is 0.407 e. The summed E-state index contributed by atoms with van der Waals surface area (Å²) in [6.45, 7) is 5.71. The lowest BCUT2D eigenvalue weighted by Gasteiger charge is -2.22. The van der Waals surface area contributed by atoms with Crippen LogP contribution in [-0.4, -0.2) is 34.2 Å². The maximum atomic E-state index is 11.6. The van der Waals surface area contributed by atoms with Gasteiger partial charge in [-0.25, -0.2) is 14.8 Å². The highest BCUT2D eigenvalue weighted by molar-refractivity contribution is 9.10. The van der Waals surface area contributed by atoms with Crippen LogP contribution < -0.4 is 11.1 Å². The third kappa shape index (κ3) is 6.49. The highest BCUT2D eigenvalue weighted by Gasteiger charge is 2.19. The first kappa shape index (κ1) is 15.8. The molecule has 1 rings (SSSR count). The van der Waals surface area contributed by atoms with Gasteiger partial charge in [0.25, 0.3) is 0 Å². The van der Waals surface area contributed by atoms with E-state index in [2.05, 4.69) is 31.2 Å². The predicted octanol–water partition coefficient (Wildman–Crippen LogP) is 1.63. The third-order valence-corrected chi connectivity index (χ3v) is 2.52. The minimum absolute atomic E-state index is 0.254. The van der Waals surface area contributed by atoms with Crippen molar-refractivity contribution in [3.05, 3.63) is 22.7 Å². The van der Waals surface area contributed by atoms with Crippen molar-refractivity contribution in [3.8, 4) is 0 Å². The van der Waals surface area contributed by atoms with Crippen LogP contribution in [0, 0.1) is 0 Å². The molecule has 7 heteroatoms. The summed E-state index contributed by atoms with van der Waals surface area (Å²) >= 11 is 3.26. The first-order valence-corrected chi connectivity index (χ1v) is 6.75. The molecule has 19 heavy (non-hydrogen) atoms. The number of halogens is 1. The number of nitrogens with zero attached hydrogens (tertiary/aromatic N) is 2. The topological polar surface area (TPSA) is 90.1 Å². The SMILES string of the molecule is CC(C)(C)OC(=O)NC(CN)Cc1ncc(Br)cn1. The number of rotatable bonds is 4. The van der Waals surface area contributed by atoms with E-state index in [-0.39, 0.29) is 6.04 Å². The van der Waals surface area contributed by atoms with Crippen LogP contribution in [0.3, 0.4) is 0 Å². The summed E-state index contributed by atoms with van der Waals surface area (Å²) in [6, 6.07) is -0.254. The number of carbonyl (C=O) groups is 1. The molecule has 0 fully saturated rings. The van der Waals surface area contributed by atoms with Crippen LogP contribution >= 0.6 is 15.9 Å². The van der Waals surface area contributed by atoms with E-state index in [9.17, 15) is 4.79 Å². The van der Waals surface area contributed by atoms with Gasteiger partial charge in [0.1, 0.15) is 11.4 Å². The number of alkyl carbamates (subject to hydrolysis) is 1. The summed E-state index contributed by atoms with van der Waals surface area (Å²) in [5.74, 6) is 0.620. The quantitative estimate of drug-likeness (QED) is 0.875. The van der Waals surface area contributed by atoms with Crippen molar-refractivity contribution in [2.45, 2.75) is 38.8 Å². The van der Waals surface area contributed by atoms with Gasteiger partial charge in [0.15, 0.2) is 0 Å². The summed E-state index contributed by atoms with van der Waals surface area (Å²) in [4.78, 5) is 19.9. The Labute approximate surface area is 121 Å². The molecular weight excluding hydrogens is 312 g/mol. The molecule has 6 nitrogen and oxygen atoms in total. The van der Waals surface area contributed by atoms with Gasteiger partial charge in [0, 0.05) is 25.4 Å². The molecule has 0 spiro atoms. The van der Waals surface area contributed by atoms with Crippen LogP contribution in [0.2, 0.25) is 0 Å². The summed E-state index contributed by atoms with van der Waals surface area (Å²) in [6.07, 6.45) is 3.29. The molecule has 0 bridgehead atoms. The second-order valence-corrected chi connectivity index (χ2v) is 6.02. The van der Waals surface area contributed by atoms with Crippen LogP contribution in [0.25, 0.3) is 0 Å². The van der Waals surface area contributed by atoms with Gasteiger partial charge in [-0.05, 0) is 36.7 Å². The normalized spacial score (nSPS) is 12.9. The standard InChI is InChI=1S/C12H19BrN4O2/c1-12(2,3)19-11(18)17-9(5-14)4-10-15-6-8(13)7-16-10/h6-7,9H,4-5,14H2,1-3H3,(H,17,18). The number of hydrogen-bond acceptors (Lipinski definition) is 5. The number of ether oxygens (including phenoxy) is 1. The van der Waals surface area contributed by atoms with Gasteiger partial charge in [0.05, 0.1) is 10.5 Å². The van der Waals surface area contributed by atoms with Crippen molar-refractivity contribution in [1.82, 2.24) is 15.3 Å². The lowest BCUT2D eigenvalue weighted by atomic mass is 10.2. The van der Waals surface area contributed by atoms with E-state index >= 15 is 0 Å². The van der Waals surface area contributed by atoms with Gasteiger partial charge in [-0.2, -0.15) is 0 Å². The molecule has 0 saturated carbocycles. The van der Waals surface area contributed by atoms with E-state index < -0.39 is 11.7 Å². The Balaban J connectivity index is 2.54. The maximum absolute atomic E-state index is 11.6. The van der Waals surface area contributed by atoms with Crippen LogP contribution in [0.1, 0.15) is 26.6 Å². The number of carbonyl (C=O) groups excluding carboxylic acids is 1. The Morgan fingerprint density at radius 2 is 2.05 bits per heavy atom. The Morgan fingerprint density at radius 3 is 2.53 bits per heavy atom. The van der Waals surface area contributed by atoms with Crippen molar-refractivity contribution in [3.63, 3.8) is 0 Å². The molecule has 0 radical (unpaired) electrons. The van der Waals surface area contributed by atoms with Crippen LogP contribution in [0.15, 0.2) is 16.9 Å². The van der Waals surface area contributed by atoms with E-state index in [1.54, 1.807) is 12.4 Å². The van der Waals surface area contributed by atoms with Gasteiger partial charge >= 0.3 is 6.09 Å². The van der Waals surface area contributed by atoms with E-state index in [1.165, 1.54) is 0 Å². The summed E-state index contributed by atoms with van der Waals surface area (Å²) in [5.41, 5.74) is 5.10. The minimum atomic E-state index is -0.530. The Morgan fingerprint density at radius 1 is 1.47 bits per heavy atom. The largest absolute Gasteiger partial charge is 0.444 e. The van der Waals surface area contributed by atoms with Crippen molar-refractivity contribution < 1.29 is 9.53 Å². The molecule has 0 aromatic carbocycles. The fraction of sp³-hybridized carbons (Fsp3) is 0.583. The molecule has 1 unspecified atom stereocenters. The van der Waals surface area contributed by atoms with E-state index in [0.29, 0.717) is 18.8 Å². The Hall–Kier alpha value is -1.21. The molecule has 0 saturated heterocycles. The number of nitrogens with one attached hydrogen (secondary N) is 1. The molecular formula is C12H19BrN4O2. The van der Waals surface area contributed by atoms with Gasteiger partial charge in [-0.15, -0.1) is 0 Å². The zero-order chi connectivity index (χ0) is 14.5. The van der Waals surface area contributed by atoms with Gasteiger partial charge in [-0.1, -0.05) is 0 Å². The average molecular weight is 331 g/mol. The molecule has 1 aromatic rings. The van der Waals surface area contributed by atoms with Gasteiger partial charge in [-0.3, -0.25) is 0 Å². The zero-order valence-corrected chi connectivity index (χ0v) is 12.9. The predicted molar refractivity (Wildman–Crippen MR) is 75.6 cm³/mol. The molecule has 3 N–H and O–H groups in total. The molecule has 0 aliphatic rings. The number of amides is 1. The molecule has 0 aliphatic heterocycles. The highest BCUT2D eigenvalue weighted by Crippen LogP contribution is 2.08. The fourth-order valence-electron chi connectivity index (χ4n) is 1.33. The second-order valence-electron chi connectivity index (χ2n) is 5.10. The van der Waals surface area contributed by atoms with Crippen molar-refractivity contribution in [2.75, 3.05) is 6.54 Å². The van der Waals surface area contributed by atoms with Gasteiger partial charge in [0.2, 0.25) is 0 Å². The fourth-order valence-corrected chi connectivity index (χ4v) is 1.54. The lowest BCUT2D eigenvalue weighted by Crippen LogP contribution is -2.44. The number of hydrogen-bond donors (Lipinski definition) is 2. The first-order valence-electron chi connectivity index (χ1n) is 5.96. The zero-order valence-electron chi connectivity index (χ0n) is 11.3. The molecule has 1 atom stereocenters. The van der Waals surface area contributed by atoms with E-state index in [1.807, 2.05) is 20.8 Å². The Kier molecular flexibility index (Phi) is 5.68. The number of nitrogens with two attached hydrogens (primary N) is 1. The second kappa shape index (κ2) is 6.81. The monoisotopic (exact) mass is 330 g/mol. The lowest BCUT2D eigenvalue weighted by molar-refractivity contribution is 0.0505. The summed E-state index contributed by atoms with van der Waals surface area (Å²) in [5, 5.41) is 2.71. The third-order valence-electron chi connectivity index (χ3n) is 2.11. The van der Waals surface area contributed by atoms with Crippen molar-refractivity contribution in [1.29, 1.82) is 0 Å². The molecule has 0 aliphatic carbocycles. The minimum Gasteiger partial charge on any atom is -0.444 e. The average Bonchev–Trinajstić information content (AvgIpc) is 2.28. The van der Waals surface area contributed by atoms with E-state index in [0.717, 1.165) is 4.47 Å². The summed E-state index contributed by atoms with van der Waals surface area (Å²) in [7, 11) is 0. The van der Waals surface area contributed by atoms with Crippen LogP contribution in [-0.2, 0) is 11.2 Å². The van der Waals surface area contributed by atoms with Crippen molar-refractivity contribution in [2.24, 2.45) is 5.73 Å². The van der Waals surface area contributed by atoms with Crippen molar-refractivity contribution >= 4 is 22.0 Å². The van der Waals surface area contributed by atoms with E-state index in [4.69, 9.17) is 10.5 Å². The van der Waals surface area contributed by atoms with Crippen LogP contribution in [0.5, 0.6) is 0 Å². The Bertz CT molecular complexity index is 417. The van der Waals surface area contributed by atoms with Gasteiger partial charge < -0.3 is 15.8 Å². The molecule has 106 valence electrons. The number of aromatic nitrogens is 2. The molecule has 1 heterocycles. The first-order chi connectivity index (χ1) is 8.80. The molecule has 1 amide bonds.